The lowest BCUT2D eigenvalue weighted by molar-refractivity contribution is 0.993. The van der Waals surface area contributed by atoms with Crippen LogP contribution in [0.2, 0.25) is 0 Å². The molecule has 0 amide bonds. The topological polar surface area (TPSA) is 22.0 Å². The lowest BCUT2D eigenvalue weighted by Crippen LogP contribution is -2.16. The Bertz CT molecular complexity index is 699. The summed E-state index contributed by atoms with van der Waals surface area (Å²) < 4.78 is 1.67. The molecule has 0 unspecified atom stereocenters. The number of benzene rings is 1. The minimum Gasteiger partial charge on any atom is -0.284 e. The zero-order valence-corrected chi connectivity index (χ0v) is 10.4. The Labute approximate surface area is 109 Å². The third-order valence-corrected chi connectivity index (χ3v) is 3.48. The lowest BCUT2D eigenvalue weighted by Gasteiger charge is -2.07. The normalized spacial score (nSPS) is 10.4. The molecule has 3 aromatic rings. The Balaban J connectivity index is 2.16. The van der Waals surface area contributed by atoms with Crippen LogP contribution in [0.25, 0.3) is 16.8 Å². The lowest BCUT2D eigenvalue weighted by atomic mass is 10.1. The first kappa shape index (κ1) is 11.0. The van der Waals surface area contributed by atoms with E-state index in [0.29, 0.717) is 0 Å². The maximum absolute atomic E-state index is 11.9. The van der Waals surface area contributed by atoms with E-state index >= 15 is 0 Å². The fourth-order valence-electron chi connectivity index (χ4n) is 1.88. The molecular formula is C15H11NOS. The number of aromatic nitrogens is 1. The van der Waals surface area contributed by atoms with Gasteiger partial charge in [0.2, 0.25) is 0 Å². The average molecular weight is 253 g/mol. The molecule has 0 N–H and O–H groups in total. The largest absolute Gasteiger partial charge is 0.284 e. The van der Waals surface area contributed by atoms with Crippen LogP contribution in [-0.2, 0) is 0 Å². The molecule has 0 aliphatic heterocycles. The maximum Gasteiger partial charge on any atom is 0.255 e. The van der Waals surface area contributed by atoms with Crippen LogP contribution in [-0.4, -0.2) is 4.57 Å². The molecule has 2 aromatic heterocycles. The highest BCUT2D eigenvalue weighted by Gasteiger charge is 2.03. The van der Waals surface area contributed by atoms with Gasteiger partial charge in [0.25, 0.3) is 5.56 Å². The molecule has 2 nitrogen and oxygen atoms in total. The summed E-state index contributed by atoms with van der Waals surface area (Å²) in [4.78, 5) is 11.9. The Morgan fingerprint density at radius 2 is 1.72 bits per heavy atom. The maximum atomic E-state index is 11.9. The number of rotatable bonds is 2. The molecule has 2 heterocycles. The smallest absolute Gasteiger partial charge is 0.255 e. The van der Waals surface area contributed by atoms with Gasteiger partial charge in [-0.15, -0.1) is 0 Å². The summed E-state index contributed by atoms with van der Waals surface area (Å²) >= 11 is 1.65. The van der Waals surface area contributed by atoms with Crippen LogP contribution >= 0.6 is 11.3 Å². The summed E-state index contributed by atoms with van der Waals surface area (Å²) in [6, 6.07) is 15.2. The fraction of sp³-hybridized carbons (Fsp3) is 0. The summed E-state index contributed by atoms with van der Waals surface area (Å²) in [5.74, 6) is 0. The summed E-state index contributed by atoms with van der Waals surface area (Å²) in [6.45, 7) is 0. The third kappa shape index (κ3) is 2.00. The van der Waals surface area contributed by atoms with Gasteiger partial charge in [0.15, 0.2) is 0 Å². The Kier molecular flexibility index (Phi) is 2.82. The van der Waals surface area contributed by atoms with E-state index in [2.05, 4.69) is 11.4 Å². The van der Waals surface area contributed by atoms with Gasteiger partial charge in [-0.05, 0) is 46.2 Å². The summed E-state index contributed by atoms with van der Waals surface area (Å²) in [7, 11) is 0. The zero-order chi connectivity index (χ0) is 12.4. The molecule has 0 aliphatic rings. The molecule has 0 aliphatic carbocycles. The highest BCUT2D eigenvalue weighted by atomic mass is 32.1. The summed E-state index contributed by atoms with van der Waals surface area (Å²) in [5, 5.41) is 4.11. The SMILES string of the molecule is O=c1ccc(-c2ccsc2)cn1-c1ccccc1. The predicted molar refractivity (Wildman–Crippen MR) is 75.4 cm³/mol. The van der Waals surface area contributed by atoms with Crippen LogP contribution in [0.15, 0.2) is 70.3 Å². The number of thiophene rings is 1. The Hall–Kier alpha value is -2.13. The van der Waals surface area contributed by atoms with Gasteiger partial charge in [-0.25, -0.2) is 0 Å². The molecule has 3 heteroatoms. The van der Waals surface area contributed by atoms with Gasteiger partial charge in [0.05, 0.1) is 0 Å². The summed E-state index contributed by atoms with van der Waals surface area (Å²) in [6.07, 6.45) is 1.89. The van der Waals surface area contributed by atoms with Crippen molar-refractivity contribution in [3.63, 3.8) is 0 Å². The third-order valence-electron chi connectivity index (χ3n) is 2.80. The van der Waals surface area contributed by atoms with Gasteiger partial charge in [0.1, 0.15) is 0 Å². The van der Waals surface area contributed by atoms with Crippen molar-refractivity contribution >= 4 is 11.3 Å². The number of hydrogen-bond acceptors (Lipinski definition) is 2. The van der Waals surface area contributed by atoms with E-state index in [9.17, 15) is 4.79 Å². The molecule has 88 valence electrons. The molecule has 0 spiro atoms. The molecular weight excluding hydrogens is 242 g/mol. The first-order valence-corrected chi connectivity index (χ1v) is 6.59. The Morgan fingerprint density at radius 3 is 2.44 bits per heavy atom. The summed E-state index contributed by atoms with van der Waals surface area (Å²) in [5.41, 5.74) is 3.07. The molecule has 18 heavy (non-hydrogen) atoms. The first-order valence-electron chi connectivity index (χ1n) is 5.65. The van der Waals surface area contributed by atoms with Gasteiger partial charge in [0, 0.05) is 18.0 Å². The van der Waals surface area contributed by atoms with Crippen LogP contribution < -0.4 is 5.56 Å². The van der Waals surface area contributed by atoms with Crippen LogP contribution in [0.1, 0.15) is 0 Å². The van der Waals surface area contributed by atoms with E-state index in [1.54, 1.807) is 22.0 Å². The van der Waals surface area contributed by atoms with Crippen molar-refractivity contribution in [2.45, 2.75) is 0 Å². The number of nitrogens with zero attached hydrogens (tertiary/aromatic N) is 1. The molecule has 1 aromatic carbocycles. The van der Waals surface area contributed by atoms with E-state index in [-0.39, 0.29) is 5.56 Å². The second-order valence-corrected chi connectivity index (χ2v) is 4.75. The van der Waals surface area contributed by atoms with Crippen LogP contribution in [0.3, 0.4) is 0 Å². The number of pyridine rings is 1. The van der Waals surface area contributed by atoms with Crippen LogP contribution in [0.5, 0.6) is 0 Å². The van der Waals surface area contributed by atoms with Crippen molar-refractivity contribution in [1.29, 1.82) is 0 Å². The Morgan fingerprint density at radius 1 is 0.889 bits per heavy atom. The van der Waals surface area contributed by atoms with E-state index in [1.165, 1.54) is 0 Å². The molecule has 0 atom stereocenters. The highest BCUT2D eigenvalue weighted by molar-refractivity contribution is 7.08. The average Bonchev–Trinajstić information content (AvgIpc) is 2.94. The number of hydrogen-bond donors (Lipinski definition) is 0. The number of para-hydroxylation sites is 1. The van der Waals surface area contributed by atoms with Crippen LogP contribution in [0, 0.1) is 0 Å². The second kappa shape index (κ2) is 4.63. The highest BCUT2D eigenvalue weighted by Crippen LogP contribution is 2.21. The molecule has 0 radical (unpaired) electrons. The van der Waals surface area contributed by atoms with E-state index in [1.807, 2.05) is 48.0 Å². The van der Waals surface area contributed by atoms with Crippen molar-refractivity contribution in [3.8, 4) is 16.8 Å². The van der Waals surface area contributed by atoms with Gasteiger partial charge in [-0.1, -0.05) is 18.2 Å². The monoisotopic (exact) mass is 253 g/mol. The fourth-order valence-corrected chi connectivity index (χ4v) is 2.54. The molecule has 0 bridgehead atoms. The standard InChI is InChI=1S/C15H11NOS/c17-15-7-6-12(13-8-9-18-11-13)10-16(15)14-4-2-1-3-5-14/h1-11H. The van der Waals surface area contributed by atoms with Gasteiger partial charge in [-0.3, -0.25) is 9.36 Å². The van der Waals surface area contributed by atoms with Crippen molar-refractivity contribution in [1.82, 2.24) is 4.57 Å². The first-order chi connectivity index (χ1) is 8.84. The molecule has 3 rings (SSSR count). The quantitative estimate of drug-likeness (QED) is 0.684. The predicted octanol–water partition coefficient (Wildman–Crippen LogP) is 3.57. The van der Waals surface area contributed by atoms with E-state index in [4.69, 9.17) is 0 Å². The molecule has 0 saturated carbocycles. The van der Waals surface area contributed by atoms with Crippen molar-refractivity contribution in [2.75, 3.05) is 0 Å². The molecule has 0 saturated heterocycles. The molecule has 0 fully saturated rings. The van der Waals surface area contributed by atoms with Gasteiger partial charge in [-0.2, -0.15) is 11.3 Å². The van der Waals surface area contributed by atoms with Crippen LogP contribution in [0.4, 0.5) is 0 Å². The minimum atomic E-state index is -0.0137. The van der Waals surface area contributed by atoms with Gasteiger partial charge < -0.3 is 0 Å². The minimum absolute atomic E-state index is 0.0137. The zero-order valence-electron chi connectivity index (χ0n) is 9.61. The second-order valence-electron chi connectivity index (χ2n) is 3.97. The van der Waals surface area contributed by atoms with Crippen molar-refractivity contribution < 1.29 is 0 Å². The van der Waals surface area contributed by atoms with E-state index < -0.39 is 0 Å². The van der Waals surface area contributed by atoms with Gasteiger partial charge >= 0.3 is 0 Å². The van der Waals surface area contributed by atoms with Crippen molar-refractivity contribution in [2.24, 2.45) is 0 Å². The van der Waals surface area contributed by atoms with Crippen molar-refractivity contribution in [3.05, 3.63) is 75.8 Å². The van der Waals surface area contributed by atoms with E-state index in [0.717, 1.165) is 16.8 Å².